The summed E-state index contributed by atoms with van der Waals surface area (Å²) in [6.45, 7) is 1.48. The number of hydrogen-bond acceptors (Lipinski definition) is 3. The van der Waals surface area contributed by atoms with Crippen LogP contribution in [0.5, 0.6) is 0 Å². The number of urea groups is 1. The second-order valence-electron chi connectivity index (χ2n) is 4.08. The molecule has 0 aliphatic rings. The van der Waals surface area contributed by atoms with Gasteiger partial charge in [0.25, 0.3) is 0 Å². The lowest BCUT2D eigenvalue weighted by Crippen LogP contribution is -2.20. The molecule has 20 heavy (non-hydrogen) atoms. The number of Topliss-reactive ketones (excluding diaryl/α,β-unsaturated/α-hetero) is 1. The van der Waals surface area contributed by atoms with Crippen molar-refractivity contribution in [3.8, 4) is 0 Å². The maximum Gasteiger partial charge on any atom is 0.324 e. The van der Waals surface area contributed by atoms with Crippen LogP contribution in [0.2, 0.25) is 0 Å². The number of hydrogen-bond donors (Lipinski definition) is 2. The second-order valence-corrected chi connectivity index (χ2v) is 4.99. The van der Waals surface area contributed by atoms with Crippen LogP contribution in [-0.4, -0.2) is 16.8 Å². The highest BCUT2D eigenvalue weighted by molar-refractivity contribution is 9.10. The second kappa shape index (κ2) is 6.29. The molecule has 1 heterocycles. The average molecular weight is 334 g/mol. The van der Waals surface area contributed by atoms with E-state index >= 15 is 0 Å². The summed E-state index contributed by atoms with van der Waals surface area (Å²) in [5.41, 5.74) is 1.09. The molecule has 0 saturated heterocycles. The number of pyridine rings is 1. The summed E-state index contributed by atoms with van der Waals surface area (Å²) in [6.07, 6.45) is 1.58. The molecule has 2 amide bonds. The van der Waals surface area contributed by atoms with E-state index in [4.69, 9.17) is 0 Å². The molecule has 5 nitrogen and oxygen atoms in total. The number of carbonyl (C=O) groups is 2. The lowest BCUT2D eigenvalue weighted by Gasteiger charge is -2.08. The van der Waals surface area contributed by atoms with Crippen molar-refractivity contribution in [2.75, 3.05) is 10.6 Å². The molecule has 0 fully saturated rings. The molecule has 0 radical (unpaired) electrons. The molecule has 102 valence electrons. The highest BCUT2D eigenvalue weighted by Gasteiger charge is 2.05. The Morgan fingerprint density at radius 1 is 1.15 bits per heavy atom. The van der Waals surface area contributed by atoms with E-state index in [0.29, 0.717) is 17.1 Å². The molecule has 2 N–H and O–H groups in total. The first-order valence-corrected chi connectivity index (χ1v) is 6.64. The first-order chi connectivity index (χ1) is 9.54. The highest BCUT2D eigenvalue weighted by Crippen LogP contribution is 2.14. The van der Waals surface area contributed by atoms with E-state index in [-0.39, 0.29) is 5.78 Å². The van der Waals surface area contributed by atoms with Crippen molar-refractivity contribution in [3.05, 3.63) is 52.6 Å². The molecule has 1 aromatic heterocycles. The molecule has 1 aromatic carbocycles. The maximum atomic E-state index is 11.8. The Hall–Kier alpha value is -2.21. The Morgan fingerprint density at radius 3 is 2.65 bits per heavy atom. The summed E-state index contributed by atoms with van der Waals surface area (Å²) >= 11 is 3.30. The van der Waals surface area contributed by atoms with E-state index in [1.165, 1.54) is 6.92 Å². The first kappa shape index (κ1) is 14.2. The summed E-state index contributed by atoms with van der Waals surface area (Å²) in [5, 5.41) is 5.25. The predicted octanol–water partition coefficient (Wildman–Crippen LogP) is 3.69. The van der Waals surface area contributed by atoms with Gasteiger partial charge in [0.1, 0.15) is 5.82 Å². The zero-order valence-corrected chi connectivity index (χ0v) is 12.3. The largest absolute Gasteiger partial charge is 0.324 e. The van der Waals surface area contributed by atoms with Gasteiger partial charge in [-0.3, -0.25) is 10.1 Å². The van der Waals surface area contributed by atoms with Gasteiger partial charge in [0.05, 0.1) is 0 Å². The highest BCUT2D eigenvalue weighted by atomic mass is 79.9. The van der Waals surface area contributed by atoms with Crippen molar-refractivity contribution in [1.29, 1.82) is 0 Å². The third kappa shape index (κ3) is 3.89. The van der Waals surface area contributed by atoms with E-state index in [9.17, 15) is 9.59 Å². The Kier molecular flexibility index (Phi) is 4.47. The molecule has 0 aliphatic carbocycles. The molecular weight excluding hydrogens is 322 g/mol. The van der Waals surface area contributed by atoms with Gasteiger partial charge >= 0.3 is 6.03 Å². The molecule has 0 bridgehead atoms. The van der Waals surface area contributed by atoms with Crippen molar-refractivity contribution in [2.24, 2.45) is 0 Å². The number of nitrogens with one attached hydrogen (secondary N) is 2. The van der Waals surface area contributed by atoms with Crippen LogP contribution in [0.1, 0.15) is 17.3 Å². The summed E-state index contributed by atoms with van der Waals surface area (Å²) in [6, 6.07) is 9.77. The molecule has 2 rings (SSSR count). The van der Waals surface area contributed by atoms with Crippen LogP contribution in [0.25, 0.3) is 0 Å². The number of rotatable bonds is 3. The molecule has 0 aliphatic heterocycles. The minimum Gasteiger partial charge on any atom is -0.308 e. The van der Waals surface area contributed by atoms with Crippen LogP contribution >= 0.6 is 15.9 Å². The molecule has 0 spiro atoms. The standard InChI is InChI=1S/C14H12BrN3O2/c1-9(19)10-3-2-4-12(7-10)17-14(20)18-13-8-11(15)5-6-16-13/h2-8H,1H3,(H2,16,17,18,20). The predicted molar refractivity (Wildman–Crippen MR) is 81.0 cm³/mol. The number of amides is 2. The van der Waals surface area contributed by atoms with Gasteiger partial charge in [-0.25, -0.2) is 9.78 Å². The number of anilines is 2. The molecule has 0 atom stereocenters. The lowest BCUT2D eigenvalue weighted by molar-refractivity contribution is 0.101. The first-order valence-electron chi connectivity index (χ1n) is 5.85. The normalized spacial score (nSPS) is 9.90. The fourth-order valence-electron chi connectivity index (χ4n) is 1.57. The molecule has 0 saturated carbocycles. The van der Waals surface area contributed by atoms with Gasteiger partial charge in [-0.05, 0) is 31.2 Å². The number of benzene rings is 1. The van der Waals surface area contributed by atoms with Crippen LogP contribution in [0, 0.1) is 0 Å². The fourth-order valence-corrected chi connectivity index (χ4v) is 1.90. The van der Waals surface area contributed by atoms with Crippen LogP contribution < -0.4 is 10.6 Å². The van der Waals surface area contributed by atoms with E-state index < -0.39 is 6.03 Å². The lowest BCUT2D eigenvalue weighted by atomic mass is 10.1. The average Bonchev–Trinajstić information content (AvgIpc) is 2.38. The third-order valence-electron chi connectivity index (χ3n) is 2.49. The van der Waals surface area contributed by atoms with Crippen molar-refractivity contribution in [2.45, 2.75) is 6.92 Å². The van der Waals surface area contributed by atoms with Gasteiger partial charge in [-0.1, -0.05) is 28.1 Å². The summed E-state index contributed by atoms with van der Waals surface area (Å²) in [7, 11) is 0. The number of ketones is 1. The molecule has 2 aromatic rings. The van der Waals surface area contributed by atoms with E-state index in [1.807, 2.05) is 0 Å². The Morgan fingerprint density at radius 2 is 1.95 bits per heavy atom. The van der Waals surface area contributed by atoms with Crippen molar-refractivity contribution in [3.63, 3.8) is 0 Å². The van der Waals surface area contributed by atoms with E-state index in [2.05, 4.69) is 31.5 Å². The van der Waals surface area contributed by atoms with Crippen LogP contribution in [0.3, 0.4) is 0 Å². The minimum absolute atomic E-state index is 0.0530. The third-order valence-corrected chi connectivity index (χ3v) is 2.98. The molecule has 6 heteroatoms. The van der Waals surface area contributed by atoms with E-state index in [0.717, 1.165) is 4.47 Å². The van der Waals surface area contributed by atoms with Crippen molar-refractivity contribution < 1.29 is 9.59 Å². The van der Waals surface area contributed by atoms with E-state index in [1.54, 1.807) is 42.6 Å². The molecule has 0 unspecified atom stereocenters. The number of carbonyl (C=O) groups excluding carboxylic acids is 2. The number of aromatic nitrogens is 1. The van der Waals surface area contributed by atoms with Gasteiger partial charge in [0, 0.05) is 21.9 Å². The van der Waals surface area contributed by atoms with Gasteiger partial charge in [-0.2, -0.15) is 0 Å². The van der Waals surface area contributed by atoms with Gasteiger partial charge in [0.2, 0.25) is 0 Å². The fraction of sp³-hybridized carbons (Fsp3) is 0.0714. The van der Waals surface area contributed by atoms with Crippen molar-refractivity contribution >= 4 is 39.2 Å². The topological polar surface area (TPSA) is 71.1 Å². The summed E-state index contributed by atoms with van der Waals surface area (Å²) in [4.78, 5) is 27.1. The Bertz CT molecular complexity index is 658. The maximum absolute atomic E-state index is 11.8. The Balaban J connectivity index is 2.04. The van der Waals surface area contributed by atoms with Gasteiger partial charge in [-0.15, -0.1) is 0 Å². The van der Waals surface area contributed by atoms with Gasteiger partial charge in [0.15, 0.2) is 5.78 Å². The van der Waals surface area contributed by atoms with Crippen LogP contribution in [0.4, 0.5) is 16.3 Å². The monoisotopic (exact) mass is 333 g/mol. The zero-order chi connectivity index (χ0) is 14.5. The van der Waals surface area contributed by atoms with Crippen LogP contribution in [-0.2, 0) is 0 Å². The summed E-state index contributed by atoms with van der Waals surface area (Å²) < 4.78 is 0.821. The SMILES string of the molecule is CC(=O)c1cccc(NC(=O)Nc2cc(Br)ccn2)c1. The number of halogens is 1. The van der Waals surface area contributed by atoms with Gasteiger partial charge < -0.3 is 5.32 Å². The van der Waals surface area contributed by atoms with Crippen molar-refractivity contribution in [1.82, 2.24) is 4.98 Å². The quantitative estimate of drug-likeness (QED) is 0.841. The van der Waals surface area contributed by atoms with Crippen LogP contribution in [0.15, 0.2) is 47.1 Å². The summed E-state index contributed by atoms with van der Waals surface area (Å²) in [5.74, 6) is 0.377. The number of nitrogens with zero attached hydrogens (tertiary/aromatic N) is 1. The smallest absolute Gasteiger partial charge is 0.308 e. The molecular formula is C14H12BrN3O2. The minimum atomic E-state index is -0.420. The Labute approximate surface area is 124 Å². The zero-order valence-electron chi connectivity index (χ0n) is 10.7.